The van der Waals surface area contributed by atoms with Crippen LogP contribution in [0.15, 0.2) is 4.99 Å². The van der Waals surface area contributed by atoms with E-state index in [2.05, 4.69) is 48.1 Å². The van der Waals surface area contributed by atoms with Gasteiger partial charge in [-0.1, -0.05) is 33.6 Å². The largest absolute Gasteiger partial charge is 0.357 e. The number of piperazine rings is 1. The fourth-order valence-electron chi connectivity index (χ4n) is 3.11. The minimum Gasteiger partial charge on any atom is -0.357 e. The number of hydrogen-bond acceptors (Lipinski definition) is 3. The average Bonchev–Trinajstić information content (AvgIpc) is 2.62. The summed E-state index contributed by atoms with van der Waals surface area (Å²) in [7, 11) is 0. The molecule has 1 aliphatic rings. The van der Waals surface area contributed by atoms with Gasteiger partial charge >= 0.3 is 0 Å². The summed E-state index contributed by atoms with van der Waals surface area (Å²) in [5.74, 6) is 1.70. The lowest BCUT2D eigenvalue weighted by Gasteiger charge is -2.34. The van der Waals surface area contributed by atoms with Gasteiger partial charge in [-0.25, -0.2) is 0 Å². The highest BCUT2D eigenvalue weighted by Gasteiger charge is 2.14. The van der Waals surface area contributed by atoms with Crippen LogP contribution in [0, 0.1) is 5.92 Å². The van der Waals surface area contributed by atoms with Gasteiger partial charge in [0, 0.05) is 45.8 Å². The van der Waals surface area contributed by atoms with Gasteiger partial charge in [0.1, 0.15) is 0 Å². The zero-order valence-corrected chi connectivity index (χ0v) is 19.3. The van der Waals surface area contributed by atoms with Gasteiger partial charge in [0.15, 0.2) is 5.96 Å². The molecule has 0 aliphatic carbocycles. The van der Waals surface area contributed by atoms with Crippen molar-refractivity contribution in [3.63, 3.8) is 0 Å². The maximum absolute atomic E-state index is 4.74. The number of halogens is 1. The Morgan fingerprint density at radius 2 is 1.56 bits per heavy atom. The molecule has 0 bridgehead atoms. The predicted molar refractivity (Wildman–Crippen MR) is 121 cm³/mol. The van der Waals surface area contributed by atoms with E-state index >= 15 is 0 Å². The van der Waals surface area contributed by atoms with Gasteiger partial charge in [-0.3, -0.25) is 4.99 Å². The smallest absolute Gasteiger partial charge is 0.191 e. The first kappa shape index (κ1) is 24.9. The maximum Gasteiger partial charge on any atom is 0.191 e. The molecule has 1 rings (SSSR count). The summed E-state index contributed by atoms with van der Waals surface area (Å²) < 4.78 is 0. The summed E-state index contributed by atoms with van der Waals surface area (Å²) >= 11 is 0. The van der Waals surface area contributed by atoms with E-state index in [0.717, 1.165) is 25.6 Å². The Morgan fingerprint density at radius 1 is 0.920 bits per heavy atom. The van der Waals surface area contributed by atoms with E-state index < -0.39 is 0 Å². The van der Waals surface area contributed by atoms with E-state index in [1.54, 1.807) is 0 Å². The summed E-state index contributed by atoms with van der Waals surface area (Å²) in [5, 5.41) is 6.85. The van der Waals surface area contributed by atoms with E-state index in [1.165, 1.54) is 65.0 Å². The summed E-state index contributed by atoms with van der Waals surface area (Å²) in [6.07, 6.45) is 4.91. The SMILES string of the molecule is CCNC(=NCC(CC)CC)NCCCCN1CCN(CC)CC1.I. The Morgan fingerprint density at radius 3 is 2.12 bits per heavy atom. The van der Waals surface area contributed by atoms with Crippen LogP contribution in [0.2, 0.25) is 0 Å². The molecule has 0 aromatic carbocycles. The molecule has 0 saturated carbocycles. The Labute approximate surface area is 173 Å². The molecule has 150 valence electrons. The second-order valence-corrected chi connectivity index (χ2v) is 6.81. The first-order valence-electron chi connectivity index (χ1n) is 10.2. The van der Waals surface area contributed by atoms with Crippen LogP contribution in [0.1, 0.15) is 53.4 Å². The lowest BCUT2D eigenvalue weighted by molar-refractivity contribution is 0.136. The fourth-order valence-corrected chi connectivity index (χ4v) is 3.11. The van der Waals surface area contributed by atoms with Crippen molar-refractivity contribution < 1.29 is 0 Å². The second kappa shape index (κ2) is 16.1. The molecule has 1 fully saturated rings. The molecule has 0 unspecified atom stereocenters. The number of rotatable bonds is 11. The number of unbranched alkanes of at least 4 members (excludes halogenated alkanes) is 1. The molecule has 0 amide bonds. The van der Waals surface area contributed by atoms with E-state index in [4.69, 9.17) is 4.99 Å². The standard InChI is InChI=1S/C19H41N5.HI/c1-5-18(6-2)17-22-19(20-7-3)21-11-9-10-12-24-15-13-23(8-4)14-16-24;/h18H,5-17H2,1-4H3,(H2,20,21,22);1H. The maximum atomic E-state index is 4.74. The van der Waals surface area contributed by atoms with Crippen molar-refractivity contribution in [2.45, 2.75) is 53.4 Å². The number of nitrogens with zero attached hydrogens (tertiary/aromatic N) is 3. The van der Waals surface area contributed by atoms with E-state index in [1.807, 2.05) is 0 Å². The molecule has 0 aromatic heterocycles. The quantitative estimate of drug-likeness (QED) is 0.212. The lowest BCUT2D eigenvalue weighted by atomic mass is 10.0. The average molecular weight is 467 g/mol. The number of nitrogens with one attached hydrogen (secondary N) is 2. The van der Waals surface area contributed by atoms with E-state index in [9.17, 15) is 0 Å². The van der Waals surface area contributed by atoms with Crippen molar-refractivity contribution in [1.29, 1.82) is 0 Å². The first-order valence-corrected chi connectivity index (χ1v) is 10.2. The highest BCUT2D eigenvalue weighted by molar-refractivity contribution is 14.0. The first-order chi connectivity index (χ1) is 11.7. The van der Waals surface area contributed by atoms with Crippen LogP contribution in [-0.2, 0) is 0 Å². The molecule has 1 saturated heterocycles. The molecule has 0 atom stereocenters. The normalized spacial score (nSPS) is 16.8. The summed E-state index contributed by atoms with van der Waals surface area (Å²) in [5.41, 5.74) is 0. The van der Waals surface area contributed by atoms with Crippen molar-refractivity contribution in [3.05, 3.63) is 0 Å². The monoisotopic (exact) mass is 467 g/mol. The molecule has 5 nitrogen and oxygen atoms in total. The van der Waals surface area contributed by atoms with E-state index in [-0.39, 0.29) is 24.0 Å². The van der Waals surface area contributed by atoms with Crippen LogP contribution in [-0.4, -0.2) is 74.7 Å². The van der Waals surface area contributed by atoms with Crippen LogP contribution in [0.25, 0.3) is 0 Å². The van der Waals surface area contributed by atoms with Crippen LogP contribution in [0.4, 0.5) is 0 Å². The second-order valence-electron chi connectivity index (χ2n) is 6.81. The molecule has 1 heterocycles. The van der Waals surface area contributed by atoms with Crippen molar-refractivity contribution >= 4 is 29.9 Å². The predicted octanol–water partition coefficient (Wildman–Crippen LogP) is 3.01. The van der Waals surface area contributed by atoms with Crippen molar-refractivity contribution in [1.82, 2.24) is 20.4 Å². The third-order valence-electron chi connectivity index (χ3n) is 5.11. The minimum atomic E-state index is 0. The zero-order chi connectivity index (χ0) is 17.6. The zero-order valence-electron chi connectivity index (χ0n) is 17.0. The molecule has 1 aliphatic heterocycles. The topological polar surface area (TPSA) is 42.9 Å². The fraction of sp³-hybridized carbons (Fsp3) is 0.947. The van der Waals surface area contributed by atoms with E-state index in [0.29, 0.717) is 5.92 Å². The third kappa shape index (κ3) is 11.3. The molecule has 25 heavy (non-hydrogen) atoms. The third-order valence-corrected chi connectivity index (χ3v) is 5.11. The van der Waals surface area contributed by atoms with Gasteiger partial charge in [-0.2, -0.15) is 0 Å². The van der Waals surface area contributed by atoms with Crippen LogP contribution >= 0.6 is 24.0 Å². The molecule has 0 aromatic rings. The molecular weight excluding hydrogens is 425 g/mol. The number of likely N-dealkylation sites (N-methyl/N-ethyl adjacent to an activating group) is 1. The Hall–Kier alpha value is -0.0800. The van der Waals surface area contributed by atoms with Crippen molar-refractivity contribution in [3.8, 4) is 0 Å². The lowest BCUT2D eigenvalue weighted by Crippen LogP contribution is -2.46. The number of aliphatic imine (C=N–C) groups is 1. The number of hydrogen-bond donors (Lipinski definition) is 2. The molecule has 6 heteroatoms. The summed E-state index contributed by atoms with van der Waals surface area (Å²) in [4.78, 5) is 9.89. The van der Waals surface area contributed by atoms with Crippen LogP contribution in [0.3, 0.4) is 0 Å². The summed E-state index contributed by atoms with van der Waals surface area (Å²) in [6.45, 7) is 19.2. The molecule has 2 N–H and O–H groups in total. The molecule has 0 radical (unpaired) electrons. The van der Waals surface area contributed by atoms with Crippen LogP contribution < -0.4 is 10.6 Å². The highest BCUT2D eigenvalue weighted by Crippen LogP contribution is 2.07. The van der Waals surface area contributed by atoms with Crippen molar-refractivity contribution in [2.24, 2.45) is 10.9 Å². The highest BCUT2D eigenvalue weighted by atomic mass is 127. The minimum absolute atomic E-state index is 0. The van der Waals surface area contributed by atoms with Gasteiger partial charge in [-0.05, 0) is 38.8 Å². The van der Waals surface area contributed by atoms with Gasteiger partial charge < -0.3 is 20.4 Å². The van der Waals surface area contributed by atoms with Gasteiger partial charge in [0.2, 0.25) is 0 Å². The Kier molecular flexibility index (Phi) is 16.1. The Bertz CT molecular complexity index is 326. The molecular formula is C19H42IN5. The van der Waals surface area contributed by atoms with Crippen LogP contribution in [0.5, 0.6) is 0 Å². The molecule has 0 spiro atoms. The van der Waals surface area contributed by atoms with Gasteiger partial charge in [0.05, 0.1) is 0 Å². The van der Waals surface area contributed by atoms with Crippen molar-refractivity contribution in [2.75, 3.05) is 58.9 Å². The van der Waals surface area contributed by atoms with Gasteiger partial charge in [0.25, 0.3) is 0 Å². The number of guanidine groups is 1. The summed E-state index contributed by atoms with van der Waals surface area (Å²) in [6, 6.07) is 0. The van der Waals surface area contributed by atoms with Gasteiger partial charge in [-0.15, -0.1) is 24.0 Å². The Balaban J connectivity index is 0.00000576.